The van der Waals surface area contributed by atoms with Crippen LogP contribution in [0.25, 0.3) is 21.9 Å². The molecule has 140 valence electrons. The highest BCUT2D eigenvalue weighted by Crippen LogP contribution is 2.37. The van der Waals surface area contributed by atoms with Crippen LogP contribution in [0, 0.1) is 5.92 Å². The first-order valence-electron chi connectivity index (χ1n) is 9.85. The minimum Gasteiger partial charge on any atom is -0.464 e. The molecule has 2 nitrogen and oxygen atoms in total. The largest absolute Gasteiger partial charge is 0.464 e. The molecule has 1 atom stereocenters. The number of para-hydroxylation sites is 2. The number of hydrogen-bond acceptors (Lipinski definition) is 2. The number of furan rings is 2. The van der Waals surface area contributed by atoms with Crippen molar-refractivity contribution >= 4 is 21.9 Å². The Morgan fingerprint density at radius 2 is 1.74 bits per heavy atom. The van der Waals surface area contributed by atoms with Gasteiger partial charge in [0.05, 0.1) is 6.26 Å². The van der Waals surface area contributed by atoms with Crippen molar-refractivity contribution < 1.29 is 8.83 Å². The minimum absolute atomic E-state index is 0.0580. The molecule has 0 saturated carbocycles. The first kappa shape index (κ1) is 17.9. The van der Waals surface area contributed by atoms with Gasteiger partial charge in [0.15, 0.2) is 0 Å². The molecule has 0 fully saturated rings. The zero-order valence-corrected chi connectivity index (χ0v) is 16.9. The van der Waals surface area contributed by atoms with Gasteiger partial charge in [-0.25, -0.2) is 0 Å². The molecule has 0 amide bonds. The second kappa shape index (κ2) is 6.60. The van der Waals surface area contributed by atoms with Gasteiger partial charge in [0.2, 0.25) is 0 Å². The Balaban J connectivity index is 1.74. The molecule has 0 aliphatic heterocycles. The standard InChI is InChI=1S/C25H28O2/c1-16(2)17(3)23-13-18-9-8-10-19(24(18)27-23)14-25(4,5)21-15-26-22-12-7-6-11-20(21)22/h6-13,15-17H,14H2,1-5H3. The summed E-state index contributed by atoms with van der Waals surface area (Å²) in [5.74, 6) is 2.05. The Kier molecular flexibility index (Phi) is 4.38. The summed E-state index contributed by atoms with van der Waals surface area (Å²) in [4.78, 5) is 0. The van der Waals surface area contributed by atoms with Gasteiger partial charge in [-0.2, -0.15) is 0 Å². The Hall–Kier alpha value is -2.48. The predicted molar refractivity (Wildman–Crippen MR) is 112 cm³/mol. The monoisotopic (exact) mass is 360 g/mol. The molecule has 0 aliphatic rings. The smallest absolute Gasteiger partial charge is 0.137 e. The van der Waals surface area contributed by atoms with Crippen LogP contribution in [0.5, 0.6) is 0 Å². The topological polar surface area (TPSA) is 26.3 Å². The van der Waals surface area contributed by atoms with Crippen molar-refractivity contribution in [2.45, 2.75) is 52.4 Å². The van der Waals surface area contributed by atoms with Crippen LogP contribution in [0.3, 0.4) is 0 Å². The minimum atomic E-state index is -0.0580. The summed E-state index contributed by atoms with van der Waals surface area (Å²) in [5, 5.41) is 2.39. The summed E-state index contributed by atoms with van der Waals surface area (Å²) >= 11 is 0. The van der Waals surface area contributed by atoms with Crippen molar-refractivity contribution in [2.24, 2.45) is 5.92 Å². The molecule has 27 heavy (non-hydrogen) atoms. The quantitative estimate of drug-likeness (QED) is 0.369. The second-order valence-electron chi connectivity index (χ2n) is 8.72. The lowest BCUT2D eigenvalue weighted by Gasteiger charge is -2.24. The normalized spacial score (nSPS) is 13.7. The van der Waals surface area contributed by atoms with Gasteiger partial charge in [-0.3, -0.25) is 0 Å². The molecule has 0 bridgehead atoms. The first-order chi connectivity index (χ1) is 12.9. The van der Waals surface area contributed by atoms with E-state index < -0.39 is 0 Å². The van der Waals surface area contributed by atoms with Crippen LogP contribution in [0.15, 0.2) is 63.6 Å². The lowest BCUT2D eigenvalue weighted by molar-refractivity contribution is 0.429. The third-order valence-electron chi connectivity index (χ3n) is 5.94. The number of benzene rings is 2. The van der Waals surface area contributed by atoms with E-state index in [2.05, 4.69) is 71.0 Å². The lowest BCUT2D eigenvalue weighted by Crippen LogP contribution is -2.20. The van der Waals surface area contributed by atoms with Crippen LogP contribution in [0.1, 0.15) is 57.4 Å². The number of fused-ring (bicyclic) bond motifs is 2. The van der Waals surface area contributed by atoms with Crippen molar-refractivity contribution in [2.75, 3.05) is 0 Å². The van der Waals surface area contributed by atoms with Crippen molar-refractivity contribution in [1.82, 2.24) is 0 Å². The molecular formula is C25H28O2. The van der Waals surface area contributed by atoms with Gasteiger partial charge in [-0.15, -0.1) is 0 Å². The van der Waals surface area contributed by atoms with Gasteiger partial charge in [-0.05, 0) is 35.4 Å². The highest BCUT2D eigenvalue weighted by Gasteiger charge is 2.27. The Morgan fingerprint density at radius 1 is 0.963 bits per heavy atom. The molecule has 0 N–H and O–H groups in total. The number of hydrogen-bond donors (Lipinski definition) is 0. The molecule has 2 aromatic heterocycles. The van der Waals surface area contributed by atoms with Crippen LogP contribution < -0.4 is 0 Å². The highest BCUT2D eigenvalue weighted by atomic mass is 16.3. The fourth-order valence-corrected chi connectivity index (χ4v) is 3.91. The predicted octanol–water partition coefficient (Wildman–Crippen LogP) is 7.46. The molecule has 4 aromatic rings. The van der Waals surface area contributed by atoms with Crippen LogP contribution in [0.4, 0.5) is 0 Å². The fourth-order valence-electron chi connectivity index (χ4n) is 3.91. The summed E-state index contributed by atoms with van der Waals surface area (Å²) in [6.45, 7) is 11.3. The van der Waals surface area contributed by atoms with Gasteiger partial charge in [0.1, 0.15) is 16.9 Å². The van der Waals surface area contributed by atoms with E-state index in [0.29, 0.717) is 11.8 Å². The van der Waals surface area contributed by atoms with E-state index >= 15 is 0 Å². The van der Waals surface area contributed by atoms with E-state index in [1.54, 1.807) is 0 Å². The van der Waals surface area contributed by atoms with E-state index in [9.17, 15) is 0 Å². The van der Waals surface area contributed by atoms with Crippen LogP contribution in [-0.4, -0.2) is 0 Å². The van der Waals surface area contributed by atoms with E-state index in [4.69, 9.17) is 8.83 Å². The molecule has 1 unspecified atom stereocenters. The summed E-state index contributed by atoms with van der Waals surface area (Å²) < 4.78 is 12.1. The maximum Gasteiger partial charge on any atom is 0.137 e. The molecule has 2 heterocycles. The highest BCUT2D eigenvalue weighted by molar-refractivity contribution is 5.83. The first-order valence-corrected chi connectivity index (χ1v) is 9.85. The molecule has 2 heteroatoms. The second-order valence-corrected chi connectivity index (χ2v) is 8.72. The van der Waals surface area contributed by atoms with Gasteiger partial charge in [0.25, 0.3) is 0 Å². The van der Waals surface area contributed by atoms with Crippen LogP contribution >= 0.6 is 0 Å². The molecular weight excluding hydrogens is 332 g/mol. The van der Waals surface area contributed by atoms with Gasteiger partial charge >= 0.3 is 0 Å². The fraction of sp³-hybridized carbons (Fsp3) is 0.360. The third kappa shape index (κ3) is 3.18. The van der Waals surface area contributed by atoms with E-state index in [1.165, 1.54) is 21.9 Å². The number of rotatable bonds is 5. The zero-order valence-electron chi connectivity index (χ0n) is 16.9. The van der Waals surface area contributed by atoms with Crippen LogP contribution in [0.2, 0.25) is 0 Å². The third-order valence-corrected chi connectivity index (χ3v) is 5.94. The van der Waals surface area contributed by atoms with Gasteiger partial charge in [0, 0.05) is 22.3 Å². The summed E-state index contributed by atoms with van der Waals surface area (Å²) in [7, 11) is 0. The molecule has 4 rings (SSSR count). The SMILES string of the molecule is CC(C)C(C)c1cc2cccc(CC(C)(C)c3coc4ccccc34)c2o1. The Morgan fingerprint density at radius 3 is 2.52 bits per heavy atom. The van der Waals surface area contributed by atoms with Crippen molar-refractivity contribution in [1.29, 1.82) is 0 Å². The van der Waals surface area contributed by atoms with Crippen LogP contribution in [-0.2, 0) is 11.8 Å². The van der Waals surface area contributed by atoms with Crippen molar-refractivity contribution in [3.63, 3.8) is 0 Å². The van der Waals surface area contributed by atoms with Crippen molar-refractivity contribution in [3.05, 3.63) is 71.7 Å². The summed E-state index contributed by atoms with van der Waals surface area (Å²) in [5.41, 5.74) is 4.42. The van der Waals surface area contributed by atoms with Crippen molar-refractivity contribution in [3.8, 4) is 0 Å². The Bertz CT molecular complexity index is 1080. The van der Waals surface area contributed by atoms with E-state index in [1.807, 2.05) is 18.4 Å². The molecule has 0 spiro atoms. The molecule has 2 aromatic carbocycles. The lowest BCUT2D eigenvalue weighted by atomic mass is 9.79. The van der Waals surface area contributed by atoms with Gasteiger partial charge < -0.3 is 8.83 Å². The molecule has 0 saturated heterocycles. The molecule has 0 radical (unpaired) electrons. The summed E-state index contributed by atoms with van der Waals surface area (Å²) in [6, 6.07) is 17.0. The summed E-state index contributed by atoms with van der Waals surface area (Å²) in [6.07, 6.45) is 2.82. The van der Waals surface area contributed by atoms with Gasteiger partial charge in [-0.1, -0.05) is 71.0 Å². The Labute approximate surface area is 161 Å². The maximum absolute atomic E-state index is 6.35. The van der Waals surface area contributed by atoms with E-state index in [0.717, 1.165) is 23.3 Å². The average Bonchev–Trinajstić information content (AvgIpc) is 3.25. The van der Waals surface area contributed by atoms with E-state index in [-0.39, 0.29) is 5.41 Å². The maximum atomic E-state index is 6.35. The average molecular weight is 360 g/mol. The molecule has 0 aliphatic carbocycles. The zero-order chi connectivity index (χ0) is 19.2.